The average Bonchev–Trinajstić information content (AvgIpc) is 2.17. The number of nitriles is 1. The van der Waals surface area contributed by atoms with Gasteiger partial charge in [0.1, 0.15) is 6.07 Å². The van der Waals surface area contributed by atoms with Gasteiger partial charge in [-0.15, -0.1) is 0 Å². The molecule has 0 spiro atoms. The highest BCUT2D eigenvalue weighted by atomic mass is 35.5. The number of carbonyl (C=O) groups excluding carboxylic acids is 1. The molecule has 66 valence electrons. The maximum atomic E-state index is 13.5. The van der Waals surface area contributed by atoms with Crippen LogP contribution < -0.4 is 0 Å². The zero-order chi connectivity index (χ0) is 9.90. The van der Waals surface area contributed by atoms with Crippen molar-refractivity contribution >= 4 is 16.8 Å². The normalized spacial score (nSPS) is 14.2. The molecule has 0 bridgehead atoms. The molecule has 1 atom stereocenters. The first-order chi connectivity index (χ1) is 6.11. The number of rotatable bonds is 2. The molecule has 0 aliphatic rings. The van der Waals surface area contributed by atoms with Gasteiger partial charge in [-0.1, -0.05) is 30.3 Å². The zero-order valence-corrected chi connectivity index (χ0v) is 7.25. The summed E-state index contributed by atoms with van der Waals surface area (Å²) in [7, 11) is 0. The highest BCUT2D eigenvalue weighted by molar-refractivity contribution is 6.65. The molecule has 0 aliphatic heterocycles. The lowest BCUT2D eigenvalue weighted by atomic mass is 9.99. The van der Waals surface area contributed by atoms with Gasteiger partial charge in [-0.2, -0.15) is 5.26 Å². The van der Waals surface area contributed by atoms with Crippen molar-refractivity contribution < 1.29 is 9.18 Å². The molecule has 2 nitrogen and oxygen atoms in total. The van der Waals surface area contributed by atoms with E-state index in [1.807, 2.05) is 0 Å². The fourth-order valence-electron chi connectivity index (χ4n) is 0.890. The van der Waals surface area contributed by atoms with Gasteiger partial charge in [-0.05, 0) is 11.6 Å². The molecule has 0 aromatic heterocycles. The Labute approximate surface area is 79.5 Å². The van der Waals surface area contributed by atoms with Crippen LogP contribution in [0, 0.1) is 11.3 Å². The van der Waals surface area contributed by atoms with Crippen LogP contribution in [0.15, 0.2) is 30.3 Å². The molecule has 13 heavy (non-hydrogen) atoms. The molecule has 1 aromatic rings. The van der Waals surface area contributed by atoms with Gasteiger partial charge in [0.15, 0.2) is 0 Å². The van der Waals surface area contributed by atoms with Crippen molar-refractivity contribution in [2.24, 2.45) is 0 Å². The van der Waals surface area contributed by atoms with Gasteiger partial charge < -0.3 is 0 Å². The van der Waals surface area contributed by atoms with Crippen molar-refractivity contribution in [2.75, 3.05) is 0 Å². The smallest absolute Gasteiger partial charge is 0.276 e. The molecule has 1 rings (SSSR count). The summed E-state index contributed by atoms with van der Waals surface area (Å²) in [5.74, 6) is 0. The molecule has 1 aromatic carbocycles. The topological polar surface area (TPSA) is 40.9 Å². The van der Waals surface area contributed by atoms with Gasteiger partial charge in [-0.3, -0.25) is 4.79 Å². The largest absolute Gasteiger partial charge is 0.293 e. The van der Waals surface area contributed by atoms with Crippen LogP contribution in [0.4, 0.5) is 4.39 Å². The van der Waals surface area contributed by atoms with E-state index in [2.05, 4.69) is 0 Å². The van der Waals surface area contributed by atoms with Gasteiger partial charge in [0.05, 0.1) is 0 Å². The van der Waals surface area contributed by atoms with Crippen LogP contribution in [0.1, 0.15) is 5.56 Å². The fourth-order valence-corrected chi connectivity index (χ4v) is 1.04. The van der Waals surface area contributed by atoms with Crippen LogP contribution >= 0.6 is 11.6 Å². The summed E-state index contributed by atoms with van der Waals surface area (Å²) in [4.78, 5) is 10.7. The van der Waals surface area contributed by atoms with E-state index in [1.165, 1.54) is 30.3 Å². The third kappa shape index (κ3) is 1.68. The molecule has 0 unspecified atom stereocenters. The van der Waals surface area contributed by atoms with Gasteiger partial charge in [-0.25, -0.2) is 4.39 Å². The van der Waals surface area contributed by atoms with Crippen molar-refractivity contribution in [3.8, 4) is 6.07 Å². The number of halogens is 2. The SMILES string of the molecule is N#C[C@@](F)(C(=O)Cl)c1ccccc1. The maximum absolute atomic E-state index is 13.5. The Morgan fingerprint density at radius 3 is 2.38 bits per heavy atom. The van der Waals surface area contributed by atoms with Crippen LogP contribution in [-0.2, 0) is 10.5 Å². The number of alkyl halides is 1. The molecule has 0 aliphatic carbocycles. The highest BCUT2D eigenvalue weighted by Gasteiger charge is 2.39. The van der Waals surface area contributed by atoms with Crippen LogP contribution in [0.5, 0.6) is 0 Å². The summed E-state index contributed by atoms with van der Waals surface area (Å²) >= 11 is 4.98. The Balaban J connectivity index is 3.21. The second kappa shape index (κ2) is 3.55. The Kier molecular flexibility index (Phi) is 2.64. The second-order valence-electron chi connectivity index (χ2n) is 2.41. The molecule has 0 saturated heterocycles. The predicted molar refractivity (Wildman–Crippen MR) is 45.7 cm³/mol. The van der Waals surface area contributed by atoms with Crippen LogP contribution in [0.25, 0.3) is 0 Å². The molecule has 0 fully saturated rings. The minimum atomic E-state index is -2.73. The highest BCUT2D eigenvalue weighted by Crippen LogP contribution is 2.27. The van der Waals surface area contributed by atoms with Crippen LogP contribution in [0.3, 0.4) is 0 Å². The maximum Gasteiger partial charge on any atom is 0.293 e. The van der Waals surface area contributed by atoms with Crippen molar-refractivity contribution in [3.63, 3.8) is 0 Å². The lowest BCUT2D eigenvalue weighted by Crippen LogP contribution is -2.24. The standard InChI is InChI=1S/C9H5ClFNO/c10-8(13)9(11,6-12)7-4-2-1-3-5-7/h1-5H/t9-/m0/s1. The van der Waals surface area contributed by atoms with E-state index in [0.29, 0.717) is 0 Å². The van der Waals surface area contributed by atoms with E-state index in [-0.39, 0.29) is 5.56 Å². The third-order valence-electron chi connectivity index (χ3n) is 1.60. The monoisotopic (exact) mass is 197 g/mol. The first-order valence-electron chi connectivity index (χ1n) is 3.47. The average molecular weight is 198 g/mol. The quantitative estimate of drug-likeness (QED) is 0.682. The molecule has 0 radical (unpaired) electrons. The molecule has 0 heterocycles. The van der Waals surface area contributed by atoms with Crippen LogP contribution in [0.2, 0.25) is 0 Å². The fraction of sp³-hybridized carbons (Fsp3) is 0.111. The summed E-state index contributed by atoms with van der Waals surface area (Å²) in [5.41, 5.74) is -2.78. The Bertz CT molecular complexity index is 360. The molecule has 0 amide bonds. The first-order valence-corrected chi connectivity index (χ1v) is 3.84. The Morgan fingerprint density at radius 1 is 1.46 bits per heavy atom. The molecule has 0 saturated carbocycles. The summed E-state index contributed by atoms with van der Waals surface area (Å²) < 4.78 is 13.5. The summed E-state index contributed by atoms with van der Waals surface area (Å²) in [6, 6.07) is 8.63. The van der Waals surface area contributed by atoms with Gasteiger partial charge >= 0.3 is 0 Å². The number of nitrogens with zero attached hydrogens (tertiary/aromatic N) is 1. The summed E-state index contributed by atoms with van der Waals surface area (Å²) in [5, 5.41) is 7.16. The molecular weight excluding hydrogens is 193 g/mol. The van der Waals surface area contributed by atoms with E-state index < -0.39 is 10.9 Å². The Hall–Kier alpha value is -1.40. The third-order valence-corrected chi connectivity index (χ3v) is 1.86. The minimum Gasteiger partial charge on any atom is -0.276 e. The summed E-state index contributed by atoms with van der Waals surface area (Å²) in [6.07, 6.45) is 0. The number of carbonyl (C=O) groups is 1. The lowest BCUT2D eigenvalue weighted by molar-refractivity contribution is -0.119. The molecule has 0 N–H and O–H groups in total. The molecule has 4 heteroatoms. The second-order valence-corrected chi connectivity index (χ2v) is 2.75. The van der Waals surface area contributed by atoms with Crippen molar-refractivity contribution in [1.82, 2.24) is 0 Å². The molecular formula is C9H5ClFNO. The number of benzene rings is 1. The minimum absolute atomic E-state index is 0.0440. The van der Waals surface area contributed by atoms with Crippen molar-refractivity contribution in [3.05, 3.63) is 35.9 Å². The van der Waals surface area contributed by atoms with E-state index in [4.69, 9.17) is 16.9 Å². The number of hydrogen-bond donors (Lipinski definition) is 0. The lowest BCUT2D eigenvalue weighted by Gasteiger charge is -2.11. The van der Waals surface area contributed by atoms with E-state index in [0.717, 1.165) is 0 Å². The van der Waals surface area contributed by atoms with Gasteiger partial charge in [0, 0.05) is 5.56 Å². The zero-order valence-electron chi connectivity index (χ0n) is 6.50. The number of hydrogen-bond acceptors (Lipinski definition) is 2. The van der Waals surface area contributed by atoms with E-state index in [9.17, 15) is 9.18 Å². The van der Waals surface area contributed by atoms with Gasteiger partial charge in [0.2, 0.25) is 0 Å². The predicted octanol–water partition coefficient (Wildman–Crippen LogP) is 2.14. The Morgan fingerprint density at radius 2 is 2.00 bits per heavy atom. The van der Waals surface area contributed by atoms with Crippen molar-refractivity contribution in [1.29, 1.82) is 5.26 Å². The van der Waals surface area contributed by atoms with Crippen molar-refractivity contribution in [2.45, 2.75) is 5.67 Å². The first kappa shape index (κ1) is 9.69. The van der Waals surface area contributed by atoms with E-state index >= 15 is 0 Å². The van der Waals surface area contributed by atoms with Crippen LogP contribution in [-0.4, -0.2) is 5.24 Å². The van der Waals surface area contributed by atoms with Gasteiger partial charge in [0.25, 0.3) is 10.9 Å². The summed E-state index contributed by atoms with van der Waals surface area (Å²) in [6.45, 7) is 0. The van der Waals surface area contributed by atoms with E-state index in [1.54, 1.807) is 6.07 Å².